The average Bonchev–Trinajstić information content (AvgIpc) is 2.57. The lowest BCUT2D eigenvalue weighted by molar-refractivity contribution is -0.0790. The van der Waals surface area contributed by atoms with Gasteiger partial charge in [0.05, 0.1) is 11.2 Å². The SMILES string of the molecule is CCN1CCC(N(C)CC2C(N)C(C)(C)OC2(C)C)CC1. The Hall–Kier alpha value is -0.160. The van der Waals surface area contributed by atoms with Gasteiger partial charge in [-0.25, -0.2) is 0 Å². The summed E-state index contributed by atoms with van der Waals surface area (Å²) < 4.78 is 6.22. The highest BCUT2D eigenvalue weighted by Gasteiger charge is 2.52. The molecule has 0 aromatic rings. The fourth-order valence-electron chi connectivity index (χ4n) is 4.21. The minimum Gasteiger partial charge on any atom is -0.368 e. The van der Waals surface area contributed by atoms with Gasteiger partial charge in [-0.15, -0.1) is 0 Å². The molecule has 0 amide bonds. The number of hydrogen-bond donors (Lipinski definition) is 1. The second kappa shape index (κ2) is 6.15. The Balaban J connectivity index is 1.95. The van der Waals surface area contributed by atoms with Gasteiger partial charge in [-0.2, -0.15) is 0 Å². The molecule has 2 fully saturated rings. The van der Waals surface area contributed by atoms with E-state index < -0.39 is 0 Å². The predicted molar refractivity (Wildman–Crippen MR) is 88.5 cm³/mol. The maximum atomic E-state index is 6.49. The monoisotopic (exact) mass is 297 g/mol. The summed E-state index contributed by atoms with van der Waals surface area (Å²) in [5.41, 5.74) is 6.13. The molecule has 21 heavy (non-hydrogen) atoms. The van der Waals surface area contributed by atoms with E-state index >= 15 is 0 Å². The van der Waals surface area contributed by atoms with Crippen LogP contribution in [0.1, 0.15) is 47.5 Å². The number of hydrogen-bond acceptors (Lipinski definition) is 4. The lowest BCUT2D eigenvalue weighted by atomic mass is 9.82. The topological polar surface area (TPSA) is 41.7 Å². The van der Waals surface area contributed by atoms with E-state index in [9.17, 15) is 0 Å². The number of nitrogens with two attached hydrogens (primary N) is 1. The molecule has 0 aliphatic carbocycles. The molecule has 0 aromatic carbocycles. The van der Waals surface area contributed by atoms with Crippen molar-refractivity contribution in [1.29, 1.82) is 0 Å². The van der Waals surface area contributed by atoms with Crippen molar-refractivity contribution >= 4 is 0 Å². The first kappa shape index (κ1) is 17.2. The zero-order valence-corrected chi connectivity index (χ0v) is 14.9. The molecule has 0 radical (unpaired) electrons. The smallest absolute Gasteiger partial charge is 0.0788 e. The van der Waals surface area contributed by atoms with Crippen LogP contribution in [-0.4, -0.2) is 66.3 Å². The maximum Gasteiger partial charge on any atom is 0.0788 e. The molecule has 2 rings (SSSR count). The third-order valence-corrected chi connectivity index (χ3v) is 5.77. The molecule has 2 N–H and O–H groups in total. The average molecular weight is 297 g/mol. The van der Waals surface area contributed by atoms with Crippen LogP contribution in [0.2, 0.25) is 0 Å². The van der Waals surface area contributed by atoms with Gasteiger partial charge in [-0.05, 0) is 67.2 Å². The molecule has 124 valence electrons. The molecule has 0 saturated carbocycles. The highest BCUT2D eigenvalue weighted by molar-refractivity contribution is 5.04. The number of rotatable bonds is 4. The third-order valence-electron chi connectivity index (χ3n) is 5.77. The molecule has 0 spiro atoms. The van der Waals surface area contributed by atoms with E-state index in [1.165, 1.54) is 32.5 Å². The number of likely N-dealkylation sites (tertiary alicyclic amines) is 1. The van der Waals surface area contributed by atoms with Gasteiger partial charge in [-0.3, -0.25) is 0 Å². The van der Waals surface area contributed by atoms with Gasteiger partial charge >= 0.3 is 0 Å². The van der Waals surface area contributed by atoms with E-state index in [0.29, 0.717) is 12.0 Å². The first-order valence-corrected chi connectivity index (χ1v) is 8.55. The second-order valence-electron chi connectivity index (χ2n) is 8.05. The van der Waals surface area contributed by atoms with Crippen LogP contribution in [0.3, 0.4) is 0 Å². The summed E-state index contributed by atoms with van der Waals surface area (Å²) in [5.74, 6) is 0.390. The number of nitrogens with zero attached hydrogens (tertiary/aromatic N) is 2. The molecule has 2 heterocycles. The van der Waals surface area contributed by atoms with Crippen molar-refractivity contribution < 1.29 is 4.74 Å². The van der Waals surface area contributed by atoms with E-state index in [1.54, 1.807) is 0 Å². The van der Waals surface area contributed by atoms with Crippen molar-refractivity contribution in [1.82, 2.24) is 9.80 Å². The molecule has 2 unspecified atom stereocenters. The Bertz CT molecular complexity index is 348. The summed E-state index contributed by atoms with van der Waals surface area (Å²) in [6, 6.07) is 0.796. The lowest BCUT2D eigenvalue weighted by Crippen LogP contribution is -2.51. The van der Waals surface area contributed by atoms with E-state index in [1.807, 2.05) is 0 Å². The third kappa shape index (κ3) is 3.61. The summed E-state index contributed by atoms with van der Waals surface area (Å²) in [4.78, 5) is 5.08. The zero-order chi connectivity index (χ0) is 15.8. The van der Waals surface area contributed by atoms with Crippen molar-refractivity contribution in [2.45, 2.75) is 70.7 Å². The molecule has 2 aliphatic heterocycles. The quantitative estimate of drug-likeness (QED) is 0.861. The van der Waals surface area contributed by atoms with Crippen LogP contribution < -0.4 is 5.73 Å². The van der Waals surface area contributed by atoms with Crippen molar-refractivity contribution in [3.8, 4) is 0 Å². The Morgan fingerprint density at radius 1 is 1.14 bits per heavy atom. The van der Waals surface area contributed by atoms with Crippen LogP contribution in [-0.2, 0) is 4.74 Å². The maximum absolute atomic E-state index is 6.49. The van der Waals surface area contributed by atoms with Crippen molar-refractivity contribution in [3.05, 3.63) is 0 Å². The highest BCUT2D eigenvalue weighted by atomic mass is 16.5. The molecule has 2 aliphatic rings. The summed E-state index contributed by atoms with van der Waals surface area (Å²) in [6.07, 6.45) is 2.55. The minimum atomic E-state index is -0.222. The second-order valence-corrected chi connectivity index (χ2v) is 8.05. The number of ether oxygens (including phenoxy) is 1. The van der Waals surface area contributed by atoms with Crippen LogP contribution in [0, 0.1) is 5.92 Å². The van der Waals surface area contributed by atoms with Crippen LogP contribution in [0.5, 0.6) is 0 Å². The van der Waals surface area contributed by atoms with E-state index in [-0.39, 0.29) is 17.2 Å². The van der Waals surface area contributed by atoms with E-state index in [2.05, 4.69) is 51.5 Å². The van der Waals surface area contributed by atoms with Crippen molar-refractivity contribution in [2.24, 2.45) is 11.7 Å². The van der Waals surface area contributed by atoms with Gasteiger partial charge in [-0.1, -0.05) is 6.92 Å². The minimum absolute atomic E-state index is 0.102. The van der Waals surface area contributed by atoms with Crippen LogP contribution in [0.4, 0.5) is 0 Å². The fraction of sp³-hybridized carbons (Fsp3) is 1.00. The Kier molecular flexibility index (Phi) is 5.04. The molecular formula is C17H35N3O. The summed E-state index contributed by atoms with van der Waals surface area (Å²) in [5, 5.41) is 0. The first-order valence-electron chi connectivity index (χ1n) is 8.55. The molecule has 0 aromatic heterocycles. The van der Waals surface area contributed by atoms with Gasteiger partial charge in [0, 0.05) is 24.5 Å². The van der Waals surface area contributed by atoms with Crippen molar-refractivity contribution in [3.63, 3.8) is 0 Å². The number of piperidine rings is 1. The van der Waals surface area contributed by atoms with E-state index in [4.69, 9.17) is 10.5 Å². The molecular weight excluding hydrogens is 262 g/mol. The highest BCUT2D eigenvalue weighted by Crippen LogP contribution is 2.41. The van der Waals surface area contributed by atoms with Gasteiger partial charge in [0.2, 0.25) is 0 Å². The zero-order valence-electron chi connectivity index (χ0n) is 14.9. The van der Waals surface area contributed by atoms with Gasteiger partial charge in [0.15, 0.2) is 0 Å². The summed E-state index contributed by atoms with van der Waals surface area (Å²) in [6.45, 7) is 15.6. The Morgan fingerprint density at radius 2 is 1.71 bits per heavy atom. The summed E-state index contributed by atoms with van der Waals surface area (Å²) in [7, 11) is 2.26. The fourth-order valence-corrected chi connectivity index (χ4v) is 4.21. The Labute approximate surface area is 131 Å². The molecule has 4 nitrogen and oxygen atoms in total. The first-order chi connectivity index (χ1) is 9.67. The molecule has 4 heteroatoms. The van der Waals surface area contributed by atoms with Crippen LogP contribution >= 0.6 is 0 Å². The largest absolute Gasteiger partial charge is 0.368 e. The predicted octanol–water partition coefficient (Wildman–Crippen LogP) is 1.93. The van der Waals surface area contributed by atoms with Gasteiger partial charge in [0.25, 0.3) is 0 Å². The Morgan fingerprint density at radius 3 is 2.14 bits per heavy atom. The molecule has 2 atom stereocenters. The van der Waals surface area contributed by atoms with Crippen LogP contribution in [0.25, 0.3) is 0 Å². The molecule has 0 bridgehead atoms. The van der Waals surface area contributed by atoms with Crippen LogP contribution in [0.15, 0.2) is 0 Å². The van der Waals surface area contributed by atoms with E-state index in [0.717, 1.165) is 6.54 Å². The van der Waals surface area contributed by atoms with Gasteiger partial charge < -0.3 is 20.3 Å². The normalized spacial score (nSPS) is 33.7. The lowest BCUT2D eigenvalue weighted by Gasteiger charge is -2.39. The van der Waals surface area contributed by atoms with Gasteiger partial charge in [0.1, 0.15) is 0 Å². The molecule has 2 saturated heterocycles. The standard InChI is InChI=1S/C17H35N3O/c1-7-20-10-8-13(9-11-20)19(6)12-14-15(18)17(4,5)21-16(14,2)3/h13-15H,7-12,18H2,1-6H3. The summed E-state index contributed by atoms with van der Waals surface area (Å²) >= 11 is 0. The van der Waals surface area contributed by atoms with Crippen molar-refractivity contribution in [2.75, 3.05) is 33.2 Å².